The number of ketones is 1. The third-order valence-electron chi connectivity index (χ3n) is 4.52. The summed E-state index contributed by atoms with van der Waals surface area (Å²) in [4.78, 5) is 37.7. The minimum Gasteiger partial charge on any atom is -0.480 e. The fourth-order valence-corrected chi connectivity index (χ4v) is 5.11. The number of aliphatic carboxylic acids is 1. The minimum absolute atomic E-state index is 0.232. The molecule has 22 heavy (non-hydrogen) atoms. The zero-order chi connectivity index (χ0) is 16.7. The van der Waals surface area contributed by atoms with E-state index in [1.165, 1.54) is 23.6 Å². The molecular weight excluding hydrogens is 304 g/mol. The normalized spacial score (nSPS) is 32.5. The van der Waals surface area contributed by atoms with Gasteiger partial charge in [0.2, 0.25) is 0 Å². The predicted octanol–water partition coefficient (Wildman–Crippen LogP) is 1.24. The van der Waals surface area contributed by atoms with Crippen LogP contribution in [0.15, 0.2) is 0 Å². The molecule has 0 saturated carbocycles. The third kappa shape index (κ3) is 2.34. The van der Waals surface area contributed by atoms with E-state index in [-0.39, 0.29) is 5.78 Å². The van der Waals surface area contributed by atoms with E-state index in [1.54, 1.807) is 0 Å². The Balaban J connectivity index is 2.23. The highest BCUT2D eigenvalue weighted by Crippen LogP contribution is 2.55. The van der Waals surface area contributed by atoms with Gasteiger partial charge < -0.3 is 10.0 Å². The van der Waals surface area contributed by atoms with Crippen LogP contribution in [0.1, 0.15) is 47.0 Å². The first-order chi connectivity index (χ1) is 10.2. The maximum atomic E-state index is 12.6. The molecular formula is C15H24N2O4S. The van der Waals surface area contributed by atoms with E-state index in [2.05, 4.69) is 12.2 Å². The maximum Gasteiger partial charge on any atom is 0.327 e. The van der Waals surface area contributed by atoms with E-state index in [4.69, 9.17) is 0 Å². The Morgan fingerprint density at radius 3 is 2.50 bits per heavy atom. The Morgan fingerprint density at radius 2 is 2.00 bits per heavy atom. The Labute approximate surface area is 135 Å². The number of carbonyl (C=O) groups is 3. The maximum absolute atomic E-state index is 12.6. The highest BCUT2D eigenvalue weighted by atomic mass is 32.2. The number of amides is 1. The van der Waals surface area contributed by atoms with Gasteiger partial charge in [-0.1, -0.05) is 19.8 Å². The minimum atomic E-state index is -1.25. The monoisotopic (exact) mass is 328 g/mol. The molecule has 0 bridgehead atoms. The van der Waals surface area contributed by atoms with Crippen molar-refractivity contribution >= 4 is 29.4 Å². The number of carboxylic acid groups (broad SMARTS) is 1. The van der Waals surface area contributed by atoms with Crippen LogP contribution in [0.3, 0.4) is 0 Å². The summed E-state index contributed by atoms with van der Waals surface area (Å²) in [5.41, 5.74) is -1.25. The highest BCUT2D eigenvalue weighted by Gasteiger charge is 2.73. The van der Waals surface area contributed by atoms with Gasteiger partial charge in [0.25, 0.3) is 5.91 Å². The number of rotatable bonds is 7. The third-order valence-corrected chi connectivity index (χ3v) is 6.16. The number of hydrogen-bond donors (Lipinski definition) is 2. The van der Waals surface area contributed by atoms with Gasteiger partial charge in [-0.25, -0.2) is 4.79 Å². The fourth-order valence-electron chi connectivity index (χ4n) is 3.33. The highest BCUT2D eigenvalue weighted by molar-refractivity contribution is 8.01. The number of unbranched alkanes of at least 4 members (excludes halogenated alkanes) is 2. The average molecular weight is 328 g/mol. The molecule has 2 heterocycles. The van der Waals surface area contributed by atoms with Crippen LogP contribution < -0.4 is 5.32 Å². The first-order valence-corrected chi connectivity index (χ1v) is 8.57. The molecule has 0 aliphatic carbocycles. The van der Waals surface area contributed by atoms with Crippen LogP contribution in [0.2, 0.25) is 0 Å². The summed E-state index contributed by atoms with van der Waals surface area (Å²) in [5.74, 6) is -1.65. The second-order valence-corrected chi connectivity index (χ2v) is 8.26. The van der Waals surface area contributed by atoms with Crippen molar-refractivity contribution in [2.45, 2.75) is 68.7 Å². The van der Waals surface area contributed by atoms with Crippen LogP contribution >= 0.6 is 11.8 Å². The summed E-state index contributed by atoms with van der Waals surface area (Å²) in [6.07, 6.45) is 2.98. The van der Waals surface area contributed by atoms with Gasteiger partial charge in [0.05, 0.1) is 0 Å². The Hall–Kier alpha value is -1.08. The second-order valence-electron chi connectivity index (χ2n) is 6.52. The van der Waals surface area contributed by atoms with Crippen molar-refractivity contribution in [3.05, 3.63) is 0 Å². The van der Waals surface area contributed by atoms with Crippen LogP contribution in [0.4, 0.5) is 0 Å². The Bertz CT molecular complexity index is 508. The number of carboxylic acids is 1. The molecule has 2 N–H and O–H groups in total. The molecule has 0 aromatic heterocycles. The van der Waals surface area contributed by atoms with Crippen molar-refractivity contribution in [3.63, 3.8) is 0 Å². The van der Waals surface area contributed by atoms with Crippen molar-refractivity contribution in [1.82, 2.24) is 10.2 Å². The van der Waals surface area contributed by atoms with E-state index in [0.29, 0.717) is 6.54 Å². The van der Waals surface area contributed by atoms with Gasteiger partial charge in [0.15, 0.2) is 11.3 Å². The van der Waals surface area contributed by atoms with Gasteiger partial charge in [0.1, 0.15) is 11.4 Å². The lowest BCUT2D eigenvalue weighted by Crippen LogP contribution is -2.81. The quantitative estimate of drug-likeness (QED) is 0.415. The number of nitrogens with one attached hydrogen (secondary N) is 1. The first kappa shape index (κ1) is 17.3. The second kappa shape index (κ2) is 5.85. The van der Waals surface area contributed by atoms with E-state index in [1.807, 2.05) is 13.8 Å². The van der Waals surface area contributed by atoms with E-state index in [9.17, 15) is 19.5 Å². The summed E-state index contributed by atoms with van der Waals surface area (Å²) in [6.45, 7) is 7.70. The molecule has 0 unspecified atom stereocenters. The number of Topliss-reactive ketones (excluding diaryl/α,β-unsaturated/α-hetero) is 1. The number of hydrogen-bond acceptors (Lipinski definition) is 5. The molecule has 2 aliphatic heterocycles. The summed E-state index contributed by atoms with van der Waals surface area (Å²) in [5, 5.41) is 12.1. The lowest BCUT2D eigenvalue weighted by molar-refractivity contribution is -0.170. The van der Waals surface area contributed by atoms with Gasteiger partial charge >= 0.3 is 5.97 Å². The van der Waals surface area contributed by atoms with Crippen LogP contribution in [0, 0.1) is 0 Å². The zero-order valence-corrected chi connectivity index (χ0v) is 14.3. The largest absolute Gasteiger partial charge is 0.480 e. The van der Waals surface area contributed by atoms with E-state index >= 15 is 0 Å². The van der Waals surface area contributed by atoms with Crippen molar-refractivity contribution in [3.8, 4) is 0 Å². The first-order valence-electron chi connectivity index (χ1n) is 7.69. The smallest absolute Gasteiger partial charge is 0.327 e. The number of fused-ring (bicyclic) bond motifs is 1. The standard InChI is InChI=1S/C15H24N2O4S/c1-5-6-7-8-16-15(9(2)18)12(21)17-10(11(19)20)14(3,4)22-13(15)17/h10,13,16H,5-8H2,1-4H3,(H,19,20)/t10-,13+,15-/m0/s1. The molecule has 0 aromatic carbocycles. The van der Waals surface area contributed by atoms with Crippen LogP contribution in [-0.4, -0.2) is 55.9 Å². The Morgan fingerprint density at radius 1 is 1.36 bits per heavy atom. The molecule has 2 aliphatic rings. The molecule has 2 saturated heterocycles. The molecule has 0 radical (unpaired) electrons. The molecule has 0 spiro atoms. The molecule has 6 nitrogen and oxygen atoms in total. The van der Waals surface area contributed by atoms with Gasteiger partial charge in [-0.2, -0.15) is 0 Å². The van der Waals surface area contributed by atoms with Crippen molar-refractivity contribution in [1.29, 1.82) is 0 Å². The lowest BCUT2D eigenvalue weighted by Gasteiger charge is -2.52. The predicted molar refractivity (Wildman–Crippen MR) is 84.7 cm³/mol. The number of carbonyl (C=O) groups excluding carboxylic acids is 2. The summed E-state index contributed by atoms with van der Waals surface area (Å²) in [6, 6.07) is -0.889. The van der Waals surface area contributed by atoms with Crippen LogP contribution in [0.25, 0.3) is 0 Å². The summed E-state index contributed by atoms with van der Waals surface area (Å²) >= 11 is 1.40. The van der Waals surface area contributed by atoms with Crippen LogP contribution in [0.5, 0.6) is 0 Å². The molecule has 2 fully saturated rings. The molecule has 3 atom stereocenters. The molecule has 2 rings (SSSR count). The van der Waals surface area contributed by atoms with Gasteiger partial charge in [0, 0.05) is 4.75 Å². The fraction of sp³-hybridized carbons (Fsp3) is 0.800. The zero-order valence-electron chi connectivity index (χ0n) is 13.5. The topological polar surface area (TPSA) is 86.7 Å². The molecule has 7 heteroatoms. The van der Waals surface area contributed by atoms with Crippen LogP contribution in [-0.2, 0) is 14.4 Å². The number of thioether (sulfide) groups is 1. The molecule has 0 aromatic rings. The number of β-lactam (4-membered cyclic amide) rings is 1. The molecule has 1 amide bonds. The van der Waals surface area contributed by atoms with E-state index in [0.717, 1.165) is 19.3 Å². The lowest BCUT2D eigenvalue weighted by atomic mass is 9.81. The van der Waals surface area contributed by atoms with Gasteiger partial charge in [-0.15, -0.1) is 11.8 Å². The van der Waals surface area contributed by atoms with Crippen molar-refractivity contribution in [2.24, 2.45) is 0 Å². The molecule has 124 valence electrons. The average Bonchev–Trinajstić information content (AvgIpc) is 2.67. The van der Waals surface area contributed by atoms with E-state index < -0.39 is 33.6 Å². The van der Waals surface area contributed by atoms with Crippen molar-refractivity contribution < 1.29 is 19.5 Å². The Kier molecular flexibility index (Phi) is 4.59. The number of nitrogens with zero attached hydrogens (tertiary/aromatic N) is 1. The summed E-state index contributed by atoms with van der Waals surface area (Å²) < 4.78 is -0.617. The SMILES string of the molecule is CCCCCN[C@@]1(C(C)=O)C(=O)N2[C@@H](C(=O)O)C(C)(C)S[C@@H]21. The summed E-state index contributed by atoms with van der Waals surface area (Å²) in [7, 11) is 0. The van der Waals surface area contributed by atoms with Gasteiger partial charge in [-0.3, -0.25) is 14.9 Å². The van der Waals surface area contributed by atoms with Crippen molar-refractivity contribution in [2.75, 3.05) is 6.54 Å². The van der Waals surface area contributed by atoms with Gasteiger partial charge in [-0.05, 0) is 33.7 Å².